The number of phenols is 1. The maximum atomic E-state index is 10.0. The summed E-state index contributed by atoms with van der Waals surface area (Å²) in [6.07, 6.45) is 0. The van der Waals surface area contributed by atoms with Crippen LogP contribution in [0.3, 0.4) is 0 Å². The van der Waals surface area contributed by atoms with Crippen LogP contribution in [0.5, 0.6) is 5.75 Å². The summed E-state index contributed by atoms with van der Waals surface area (Å²) in [5.41, 5.74) is 2.55. The van der Waals surface area contributed by atoms with Gasteiger partial charge in [-0.25, -0.2) is 0 Å². The van der Waals surface area contributed by atoms with Crippen LogP contribution in [0.1, 0.15) is 31.3 Å². The molecule has 2 nitrogen and oxygen atoms in total. The number of halogens is 2. The van der Waals surface area contributed by atoms with E-state index in [1.165, 1.54) is 0 Å². The van der Waals surface area contributed by atoms with Crippen molar-refractivity contribution in [3.63, 3.8) is 0 Å². The summed E-state index contributed by atoms with van der Waals surface area (Å²) in [7, 11) is 0. The van der Waals surface area contributed by atoms with E-state index in [2.05, 4.69) is 57.6 Å². The van der Waals surface area contributed by atoms with E-state index in [1.807, 2.05) is 30.3 Å². The summed E-state index contributed by atoms with van der Waals surface area (Å²) in [6.45, 7) is 6.49. The molecule has 0 saturated carbocycles. The van der Waals surface area contributed by atoms with Crippen molar-refractivity contribution in [1.29, 1.82) is 0 Å². The van der Waals surface area contributed by atoms with Gasteiger partial charge in [0.2, 0.25) is 0 Å². The molecule has 1 radical (unpaired) electrons. The van der Waals surface area contributed by atoms with Crippen LogP contribution in [-0.4, -0.2) is 10.1 Å². The molecule has 5 heteroatoms. The first kappa shape index (κ1) is 18.7. The summed E-state index contributed by atoms with van der Waals surface area (Å²) in [5.74, 6) is 0.236. The summed E-state index contributed by atoms with van der Waals surface area (Å²) in [5, 5.41) is 10.0. The molecular weight excluding hydrogens is 446 g/mol. The van der Waals surface area contributed by atoms with Gasteiger partial charge in [0, 0.05) is 27.1 Å². The van der Waals surface area contributed by atoms with E-state index in [1.54, 1.807) is 6.07 Å². The van der Waals surface area contributed by atoms with Gasteiger partial charge in [-0.3, -0.25) is 4.98 Å². The van der Waals surface area contributed by atoms with Gasteiger partial charge >= 0.3 is 0 Å². The van der Waals surface area contributed by atoms with Gasteiger partial charge in [0.1, 0.15) is 5.75 Å². The van der Waals surface area contributed by atoms with Crippen LogP contribution >= 0.6 is 31.9 Å². The fraction of sp³-hybridized carbons (Fsp3) is 0.312. The predicted molar refractivity (Wildman–Crippen MR) is 90.2 cm³/mol. The van der Waals surface area contributed by atoms with Gasteiger partial charge in [0.25, 0.3) is 0 Å². The fourth-order valence-corrected chi connectivity index (χ4v) is 2.52. The van der Waals surface area contributed by atoms with Gasteiger partial charge in [0.15, 0.2) is 0 Å². The molecule has 0 aliphatic heterocycles. The minimum atomic E-state index is 0. The number of aromatic nitrogens is 1. The number of aromatic hydroxyl groups is 1. The van der Waals surface area contributed by atoms with Crippen LogP contribution in [0, 0.1) is 5.41 Å². The maximum Gasteiger partial charge on any atom is 0.125 e. The molecule has 0 amide bonds. The number of hydrogen-bond donors (Lipinski definition) is 1. The molecule has 1 heterocycles. The molecule has 2 rings (SSSR count). The molecule has 1 unspecified atom stereocenters. The summed E-state index contributed by atoms with van der Waals surface area (Å²) < 4.78 is 0.920. The normalized spacial score (nSPS) is 12.6. The third-order valence-corrected chi connectivity index (χ3v) is 5.36. The zero-order chi connectivity index (χ0) is 14.9. The summed E-state index contributed by atoms with van der Waals surface area (Å²) >= 11 is 7.14. The molecule has 1 aromatic carbocycles. The quantitative estimate of drug-likeness (QED) is 0.459. The molecule has 0 saturated heterocycles. The third-order valence-electron chi connectivity index (χ3n) is 3.03. The molecule has 1 aromatic heterocycles. The van der Waals surface area contributed by atoms with E-state index in [-0.39, 0.29) is 33.1 Å². The number of pyridine rings is 1. The molecular formula is C16H17Br2CuNO. The van der Waals surface area contributed by atoms with Gasteiger partial charge in [-0.15, -0.1) is 0 Å². The monoisotopic (exact) mass is 460 g/mol. The smallest absolute Gasteiger partial charge is 0.125 e. The largest absolute Gasteiger partial charge is 0.507 e. The van der Waals surface area contributed by atoms with E-state index >= 15 is 0 Å². The van der Waals surface area contributed by atoms with Gasteiger partial charge in [-0.1, -0.05) is 58.7 Å². The van der Waals surface area contributed by atoms with Crippen molar-refractivity contribution in [1.82, 2.24) is 4.98 Å². The molecule has 0 aliphatic rings. The third kappa shape index (κ3) is 4.56. The number of nitrogens with zero attached hydrogens (tertiary/aromatic N) is 1. The number of benzene rings is 1. The molecule has 0 fully saturated rings. The topological polar surface area (TPSA) is 33.1 Å². The Balaban J connectivity index is 0.00000220. The zero-order valence-electron chi connectivity index (χ0n) is 12.0. The van der Waals surface area contributed by atoms with Crippen molar-refractivity contribution in [3.8, 4) is 17.0 Å². The Labute approximate surface area is 153 Å². The number of hydrogen-bond acceptors (Lipinski definition) is 2. The standard InChI is InChI=1S/C16H17Br2NO.Cu/c1-16(2,3)15(18)13-6-4-5-12(19-13)11-9-10(17)7-8-14(11)20;/h4-9,15,20H,1-3H3;. The van der Waals surface area contributed by atoms with Crippen LogP contribution in [-0.2, 0) is 17.1 Å². The van der Waals surface area contributed by atoms with E-state index in [0.717, 1.165) is 21.4 Å². The zero-order valence-corrected chi connectivity index (χ0v) is 16.1. The SMILES string of the molecule is CC(C)(C)C(Br)c1cccc(-c2cc(Br)ccc2O)n1.[Cu]. The predicted octanol–water partition coefficient (Wildman–Crippen LogP) is 5.70. The fourth-order valence-electron chi connectivity index (χ4n) is 1.90. The van der Waals surface area contributed by atoms with E-state index in [4.69, 9.17) is 0 Å². The minimum Gasteiger partial charge on any atom is -0.507 e. The Morgan fingerprint density at radius 2 is 1.81 bits per heavy atom. The molecule has 117 valence electrons. The van der Waals surface area contributed by atoms with E-state index in [9.17, 15) is 5.11 Å². The molecule has 21 heavy (non-hydrogen) atoms. The molecule has 2 aromatic rings. The molecule has 0 bridgehead atoms. The van der Waals surface area contributed by atoms with Crippen molar-refractivity contribution in [2.24, 2.45) is 5.41 Å². The van der Waals surface area contributed by atoms with Gasteiger partial charge in [-0.2, -0.15) is 0 Å². The van der Waals surface area contributed by atoms with Crippen LogP contribution in [0.25, 0.3) is 11.3 Å². The Morgan fingerprint density at radius 1 is 1.14 bits per heavy atom. The van der Waals surface area contributed by atoms with Gasteiger partial charge < -0.3 is 5.11 Å². The first-order valence-electron chi connectivity index (χ1n) is 6.39. The maximum absolute atomic E-state index is 10.0. The number of rotatable bonds is 2. The minimum absolute atomic E-state index is 0. The molecule has 0 aliphatic carbocycles. The second-order valence-electron chi connectivity index (χ2n) is 5.84. The van der Waals surface area contributed by atoms with Crippen LogP contribution in [0.4, 0.5) is 0 Å². The number of phenolic OH excluding ortho intramolecular Hbond substituents is 1. The average Bonchev–Trinajstić information content (AvgIpc) is 2.40. The molecule has 0 spiro atoms. The molecule has 1 atom stereocenters. The van der Waals surface area contributed by atoms with E-state index < -0.39 is 0 Å². The van der Waals surface area contributed by atoms with Crippen molar-refractivity contribution in [3.05, 3.63) is 46.6 Å². The summed E-state index contributed by atoms with van der Waals surface area (Å²) in [6, 6.07) is 11.2. The Kier molecular flexibility index (Phi) is 6.48. The van der Waals surface area contributed by atoms with Gasteiger partial charge in [-0.05, 0) is 35.7 Å². The average molecular weight is 463 g/mol. The Hall–Kier alpha value is -0.351. The molecule has 1 N–H and O–H groups in total. The first-order chi connectivity index (χ1) is 9.29. The van der Waals surface area contributed by atoms with Crippen molar-refractivity contribution in [2.45, 2.75) is 25.6 Å². The summed E-state index contributed by atoms with van der Waals surface area (Å²) in [4.78, 5) is 4.84. The first-order valence-corrected chi connectivity index (χ1v) is 8.10. The van der Waals surface area contributed by atoms with E-state index in [0.29, 0.717) is 0 Å². The van der Waals surface area contributed by atoms with Crippen LogP contribution in [0.2, 0.25) is 0 Å². The second kappa shape index (κ2) is 7.28. The van der Waals surface area contributed by atoms with Crippen LogP contribution < -0.4 is 0 Å². The van der Waals surface area contributed by atoms with Crippen molar-refractivity contribution in [2.75, 3.05) is 0 Å². The van der Waals surface area contributed by atoms with Crippen molar-refractivity contribution < 1.29 is 22.2 Å². The Bertz CT molecular complexity index is 626. The Morgan fingerprint density at radius 3 is 2.43 bits per heavy atom. The van der Waals surface area contributed by atoms with Gasteiger partial charge in [0.05, 0.1) is 16.2 Å². The van der Waals surface area contributed by atoms with Crippen LogP contribution in [0.15, 0.2) is 40.9 Å². The van der Waals surface area contributed by atoms with Crippen molar-refractivity contribution >= 4 is 31.9 Å². The second-order valence-corrected chi connectivity index (χ2v) is 7.67. The number of alkyl halides is 1.